The molecule has 0 aromatic rings. The van der Waals surface area contributed by atoms with Crippen LogP contribution in [-0.2, 0) is 0 Å². The van der Waals surface area contributed by atoms with E-state index in [2.05, 4.69) is 0 Å². The van der Waals surface area contributed by atoms with Crippen molar-refractivity contribution in [1.82, 2.24) is 0 Å². The number of hydrogen-bond acceptors (Lipinski definition) is 0. The molecule has 72 valence electrons. The van der Waals surface area contributed by atoms with Crippen molar-refractivity contribution in [2.45, 2.75) is 0 Å². The maximum absolute atomic E-state index is 0. The van der Waals surface area contributed by atoms with Crippen molar-refractivity contribution in [2.75, 3.05) is 0 Å². The van der Waals surface area contributed by atoms with Crippen LogP contribution >= 0.6 is 99.3 Å². The summed E-state index contributed by atoms with van der Waals surface area (Å²) in [5.41, 5.74) is 0. The molecular formula is H12Cl8Si. The molecule has 0 aromatic carbocycles. The largest absolute Gasteiger partial charge is 0.147 e. The van der Waals surface area contributed by atoms with Gasteiger partial charge in [-0.1, -0.05) is 0 Å². The predicted molar refractivity (Wildman–Crippen MR) is 69.3 cm³/mol. The van der Waals surface area contributed by atoms with E-state index in [1.54, 1.807) is 0 Å². The summed E-state index contributed by atoms with van der Waals surface area (Å²) in [4.78, 5) is 0. The van der Waals surface area contributed by atoms with Gasteiger partial charge in [0.1, 0.15) is 0 Å². The molecule has 9 heavy (non-hydrogen) atoms. The molecule has 0 aliphatic rings. The minimum absolute atomic E-state index is 0. The van der Waals surface area contributed by atoms with E-state index in [0.29, 0.717) is 0 Å². The highest BCUT2D eigenvalue weighted by atomic mass is 35.5. The lowest BCUT2D eigenvalue weighted by Gasteiger charge is -0.148. The van der Waals surface area contributed by atoms with Crippen molar-refractivity contribution in [3.05, 3.63) is 0 Å². The normalized spacial score (nSPS) is 0. The Morgan fingerprint density at radius 1 is 0.222 bits per heavy atom. The molecule has 0 radical (unpaired) electrons. The van der Waals surface area contributed by atoms with Gasteiger partial charge in [-0.25, -0.2) is 0 Å². The van der Waals surface area contributed by atoms with Gasteiger partial charge in [-0.3, -0.25) is 0 Å². The molecule has 0 N–H and O–H groups in total. The minimum atomic E-state index is 0. The molecule has 0 unspecified atom stereocenters. The molecular weight excluding hydrogens is 312 g/mol. The molecule has 0 aromatic heterocycles. The van der Waals surface area contributed by atoms with Gasteiger partial charge in [0.2, 0.25) is 0 Å². The van der Waals surface area contributed by atoms with Crippen LogP contribution in [0.5, 0.6) is 0 Å². The monoisotopic (exact) mass is 320 g/mol. The number of rotatable bonds is 0. The van der Waals surface area contributed by atoms with Crippen LogP contribution in [0.2, 0.25) is 0 Å². The zero-order valence-corrected chi connectivity index (χ0v) is 9.80. The van der Waals surface area contributed by atoms with Crippen LogP contribution in [0.1, 0.15) is 0 Å². The smallest absolute Gasteiger partial charge is 0.0149 e. The quantitative estimate of drug-likeness (QED) is 0.598. The van der Waals surface area contributed by atoms with E-state index in [1.807, 2.05) is 0 Å². The lowest BCUT2D eigenvalue weighted by atomic mass is 28.1. The van der Waals surface area contributed by atoms with Gasteiger partial charge < -0.3 is 0 Å². The fraction of sp³-hybridized carbons (Fsp3) is 0. The molecule has 0 amide bonds. The van der Waals surface area contributed by atoms with Gasteiger partial charge in [0, 0.05) is 0 Å². The summed E-state index contributed by atoms with van der Waals surface area (Å²) in [5, 5.41) is 0. The van der Waals surface area contributed by atoms with Gasteiger partial charge >= 0.3 is 0 Å². The lowest BCUT2D eigenvalue weighted by Crippen LogP contribution is -0.381. The highest BCUT2D eigenvalue weighted by molar-refractivity contribution is 5.86. The van der Waals surface area contributed by atoms with E-state index in [-0.39, 0.29) is 110 Å². The zero-order chi connectivity index (χ0) is 0. The predicted octanol–water partition coefficient (Wildman–Crippen LogP) is 1.92. The van der Waals surface area contributed by atoms with E-state index in [1.165, 1.54) is 0 Å². The van der Waals surface area contributed by atoms with E-state index < -0.39 is 0 Å². The first-order chi connectivity index (χ1) is 0. The van der Waals surface area contributed by atoms with Crippen LogP contribution in [-0.4, -0.2) is 11.0 Å². The number of hydrogen-bond donors (Lipinski definition) is 0. The summed E-state index contributed by atoms with van der Waals surface area (Å²) in [6.07, 6.45) is 0. The summed E-state index contributed by atoms with van der Waals surface area (Å²) in [5.74, 6) is 0. The van der Waals surface area contributed by atoms with Gasteiger partial charge in [-0.05, 0) is 11.0 Å². The second-order valence-corrected chi connectivity index (χ2v) is 0. The van der Waals surface area contributed by atoms with Crippen molar-refractivity contribution < 1.29 is 0 Å². The molecule has 0 aliphatic heterocycles. The lowest BCUT2D eigenvalue weighted by molar-refractivity contribution is 5.75. The summed E-state index contributed by atoms with van der Waals surface area (Å²) in [6.45, 7) is 0. The second kappa shape index (κ2) is 149. The highest BCUT2D eigenvalue weighted by Crippen LogP contribution is 0.697. The van der Waals surface area contributed by atoms with Crippen molar-refractivity contribution >= 4 is 110 Å². The first-order valence-corrected chi connectivity index (χ1v) is 0. The molecule has 0 rings (SSSR count). The summed E-state index contributed by atoms with van der Waals surface area (Å²) < 4.78 is 0. The fourth-order valence-corrected chi connectivity index (χ4v) is 0. The Morgan fingerprint density at radius 3 is 0.222 bits per heavy atom. The van der Waals surface area contributed by atoms with Crippen molar-refractivity contribution in [1.29, 1.82) is 0 Å². The zero-order valence-electron chi connectivity index (χ0n) is 3.27. The Kier molecular flexibility index (Phi) is 3290. The first kappa shape index (κ1) is 199. The summed E-state index contributed by atoms with van der Waals surface area (Å²) in [6, 6.07) is 0. The van der Waals surface area contributed by atoms with E-state index in [4.69, 9.17) is 0 Å². The molecule has 0 saturated carbocycles. The van der Waals surface area contributed by atoms with Crippen LogP contribution < -0.4 is 0 Å². The third-order valence-corrected chi connectivity index (χ3v) is 0. The van der Waals surface area contributed by atoms with E-state index >= 15 is 0 Å². The van der Waals surface area contributed by atoms with Crippen molar-refractivity contribution in [3.63, 3.8) is 0 Å². The van der Waals surface area contributed by atoms with Crippen LogP contribution in [0.25, 0.3) is 0 Å². The summed E-state index contributed by atoms with van der Waals surface area (Å²) in [7, 11) is 0. The maximum Gasteiger partial charge on any atom is -0.0149 e. The molecule has 0 aliphatic carbocycles. The third-order valence-electron chi connectivity index (χ3n) is 0. The molecule has 9 heteroatoms. The van der Waals surface area contributed by atoms with Crippen LogP contribution in [0.4, 0.5) is 0 Å². The topological polar surface area (TPSA) is 0 Å². The Bertz CT molecular complexity index is 4.53. The molecule has 0 fully saturated rings. The Hall–Kier alpha value is 2.54. The van der Waals surface area contributed by atoms with Crippen LogP contribution in [0.15, 0.2) is 0 Å². The molecule has 0 saturated heterocycles. The van der Waals surface area contributed by atoms with Gasteiger partial charge in [0.15, 0.2) is 0 Å². The average molecular weight is 324 g/mol. The van der Waals surface area contributed by atoms with Gasteiger partial charge in [-0.2, -0.15) is 0 Å². The van der Waals surface area contributed by atoms with Gasteiger partial charge in [0.25, 0.3) is 0 Å². The third kappa shape index (κ3) is 119. The number of halogens is 8. The van der Waals surface area contributed by atoms with Crippen molar-refractivity contribution in [3.8, 4) is 0 Å². The molecule has 0 nitrogen and oxygen atoms in total. The van der Waals surface area contributed by atoms with E-state index in [0.717, 1.165) is 0 Å². The maximum atomic E-state index is 0. The molecule has 0 bridgehead atoms. The Labute approximate surface area is 109 Å². The standard InChI is InChI=1S/8ClH.H4Si/h8*1H;1H4. The summed E-state index contributed by atoms with van der Waals surface area (Å²) >= 11 is 0. The van der Waals surface area contributed by atoms with Crippen LogP contribution in [0, 0.1) is 0 Å². The van der Waals surface area contributed by atoms with Crippen LogP contribution in [0.3, 0.4) is 0 Å². The van der Waals surface area contributed by atoms with Gasteiger partial charge in [-0.15, -0.1) is 99.3 Å². The highest BCUT2D eigenvalue weighted by Gasteiger charge is -0.0148. The van der Waals surface area contributed by atoms with E-state index in [9.17, 15) is 0 Å². The second-order valence-electron chi connectivity index (χ2n) is 0. The average Bonchev–Trinajstić information content (AvgIpc) is 0. The van der Waals surface area contributed by atoms with Crippen molar-refractivity contribution in [2.24, 2.45) is 0 Å². The Morgan fingerprint density at radius 2 is 0.222 bits per heavy atom. The molecule has 0 spiro atoms. The minimum Gasteiger partial charge on any atom is -0.147 e. The first-order valence-electron chi connectivity index (χ1n) is 0. The van der Waals surface area contributed by atoms with Gasteiger partial charge in [0.05, 0.1) is 0 Å². The molecule has 0 heterocycles. The fourth-order valence-electron chi connectivity index (χ4n) is 0. The molecule has 0 atom stereocenters. The SMILES string of the molecule is Cl.Cl.Cl.Cl.Cl.Cl.Cl.Cl.[SiH4]. The Balaban J connectivity index is 0.